The van der Waals surface area contributed by atoms with Gasteiger partial charge in [0.15, 0.2) is 5.82 Å². The molecule has 0 fully saturated rings. The molecule has 1 aliphatic heterocycles. The SMILES string of the molecule is CCOc1ccc(-c2nc(C(N)=O)c3c(n2)N(c2ccccc2)C(=O)C3)cc1. The minimum atomic E-state index is -0.687. The Morgan fingerprint density at radius 3 is 2.46 bits per heavy atom. The van der Waals surface area contributed by atoms with E-state index in [4.69, 9.17) is 10.5 Å². The highest BCUT2D eigenvalue weighted by Crippen LogP contribution is 2.36. The summed E-state index contributed by atoms with van der Waals surface area (Å²) in [6, 6.07) is 16.4. The van der Waals surface area contributed by atoms with Gasteiger partial charge in [-0.1, -0.05) is 18.2 Å². The van der Waals surface area contributed by atoms with Crippen LogP contribution in [0.4, 0.5) is 11.5 Å². The second-order valence-electron chi connectivity index (χ2n) is 6.26. The van der Waals surface area contributed by atoms with Crippen molar-refractivity contribution in [2.24, 2.45) is 5.73 Å². The molecule has 7 heteroatoms. The normalized spacial score (nSPS) is 12.8. The molecule has 28 heavy (non-hydrogen) atoms. The molecule has 0 unspecified atom stereocenters. The van der Waals surface area contributed by atoms with Gasteiger partial charge in [-0.3, -0.25) is 14.5 Å². The monoisotopic (exact) mass is 374 g/mol. The number of carbonyl (C=O) groups excluding carboxylic acids is 2. The third-order valence-electron chi connectivity index (χ3n) is 4.45. The number of nitrogens with zero attached hydrogens (tertiary/aromatic N) is 3. The van der Waals surface area contributed by atoms with Crippen LogP contribution in [0.15, 0.2) is 54.6 Å². The van der Waals surface area contributed by atoms with E-state index in [9.17, 15) is 9.59 Å². The van der Waals surface area contributed by atoms with Crippen molar-refractivity contribution in [3.8, 4) is 17.1 Å². The summed E-state index contributed by atoms with van der Waals surface area (Å²) < 4.78 is 5.45. The van der Waals surface area contributed by atoms with Gasteiger partial charge < -0.3 is 10.5 Å². The molecule has 0 aliphatic carbocycles. The summed E-state index contributed by atoms with van der Waals surface area (Å²) in [5, 5.41) is 0. The Hall–Kier alpha value is -3.74. The van der Waals surface area contributed by atoms with Crippen LogP contribution in [0.5, 0.6) is 5.75 Å². The van der Waals surface area contributed by atoms with Gasteiger partial charge in [0.25, 0.3) is 5.91 Å². The first kappa shape index (κ1) is 17.7. The quantitative estimate of drug-likeness (QED) is 0.740. The van der Waals surface area contributed by atoms with E-state index in [1.165, 1.54) is 4.90 Å². The largest absolute Gasteiger partial charge is 0.494 e. The van der Waals surface area contributed by atoms with Crippen molar-refractivity contribution in [3.63, 3.8) is 0 Å². The maximum absolute atomic E-state index is 12.7. The van der Waals surface area contributed by atoms with Crippen LogP contribution in [0.3, 0.4) is 0 Å². The summed E-state index contributed by atoms with van der Waals surface area (Å²) in [5.41, 5.74) is 7.45. The van der Waals surface area contributed by atoms with E-state index in [2.05, 4.69) is 9.97 Å². The zero-order chi connectivity index (χ0) is 19.7. The van der Waals surface area contributed by atoms with Gasteiger partial charge >= 0.3 is 0 Å². The van der Waals surface area contributed by atoms with Gasteiger partial charge in [0.05, 0.1) is 18.7 Å². The molecule has 2 N–H and O–H groups in total. The van der Waals surface area contributed by atoms with Crippen molar-refractivity contribution < 1.29 is 14.3 Å². The Morgan fingerprint density at radius 2 is 1.82 bits per heavy atom. The Bertz CT molecular complexity index is 1050. The lowest BCUT2D eigenvalue weighted by molar-refractivity contribution is -0.116. The summed E-state index contributed by atoms with van der Waals surface area (Å²) in [5.74, 6) is 0.578. The number of para-hydroxylation sites is 1. The molecule has 0 bridgehead atoms. The van der Waals surface area contributed by atoms with Gasteiger partial charge in [0.1, 0.15) is 17.3 Å². The summed E-state index contributed by atoms with van der Waals surface area (Å²) in [6.07, 6.45) is 0.0338. The first-order valence-electron chi connectivity index (χ1n) is 8.90. The van der Waals surface area contributed by atoms with Crippen LogP contribution in [0, 0.1) is 0 Å². The fourth-order valence-electron chi connectivity index (χ4n) is 3.21. The summed E-state index contributed by atoms with van der Waals surface area (Å²) in [7, 11) is 0. The van der Waals surface area contributed by atoms with Gasteiger partial charge in [0, 0.05) is 11.1 Å². The van der Waals surface area contributed by atoms with E-state index < -0.39 is 5.91 Å². The van der Waals surface area contributed by atoms with Crippen LogP contribution in [0.2, 0.25) is 0 Å². The smallest absolute Gasteiger partial charge is 0.267 e. The lowest BCUT2D eigenvalue weighted by atomic mass is 10.1. The zero-order valence-electron chi connectivity index (χ0n) is 15.3. The molecule has 3 aromatic rings. The lowest BCUT2D eigenvalue weighted by Gasteiger charge is -2.17. The first-order chi connectivity index (χ1) is 13.6. The molecule has 0 radical (unpaired) electrons. The number of aromatic nitrogens is 2. The lowest BCUT2D eigenvalue weighted by Crippen LogP contribution is -2.21. The number of nitrogens with two attached hydrogens (primary N) is 1. The molecular formula is C21H18N4O3. The average molecular weight is 374 g/mol. The highest BCUT2D eigenvalue weighted by atomic mass is 16.5. The number of rotatable bonds is 5. The summed E-state index contributed by atoms with van der Waals surface area (Å²) in [4.78, 5) is 35.1. The molecule has 0 saturated carbocycles. The van der Waals surface area contributed by atoms with Crippen molar-refractivity contribution >= 4 is 23.3 Å². The highest BCUT2D eigenvalue weighted by Gasteiger charge is 2.35. The summed E-state index contributed by atoms with van der Waals surface area (Å²) >= 11 is 0. The molecule has 140 valence electrons. The number of amides is 2. The topological polar surface area (TPSA) is 98.4 Å². The molecule has 2 amide bonds. The highest BCUT2D eigenvalue weighted by molar-refractivity contribution is 6.09. The maximum Gasteiger partial charge on any atom is 0.267 e. The van der Waals surface area contributed by atoms with Crippen molar-refractivity contribution in [2.75, 3.05) is 11.5 Å². The molecule has 1 aromatic heterocycles. The van der Waals surface area contributed by atoms with E-state index in [0.29, 0.717) is 35.1 Å². The molecule has 0 atom stereocenters. The molecule has 1 aliphatic rings. The van der Waals surface area contributed by atoms with Gasteiger partial charge in [-0.25, -0.2) is 9.97 Å². The minimum absolute atomic E-state index is 0.0338. The molecule has 0 saturated heterocycles. The molecule has 7 nitrogen and oxygen atoms in total. The van der Waals surface area contributed by atoms with Crippen molar-refractivity contribution in [1.82, 2.24) is 9.97 Å². The molecule has 2 aromatic carbocycles. The van der Waals surface area contributed by atoms with E-state index in [-0.39, 0.29) is 18.0 Å². The van der Waals surface area contributed by atoms with Crippen molar-refractivity contribution in [2.45, 2.75) is 13.3 Å². The molecular weight excluding hydrogens is 356 g/mol. The zero-order valence-corrected chi connectivity index (χ0v) is 15.3. The van der Waals surface area contributed by atoms with E-state index in [0.717, 1.165) is 5.75 Å². The molecule has 2 heterocycles. The third-order valence-corrected chi connectivity index (χ3v) is 4.45. The van der Waals surface area contributed by atoms with Crippen LogP contribution < -0.4 is 15.4 Å². The first-order valence-corrected chi connectivity index (χ1v) is 8.90. The van der Waals surface area contributed by atoms with Crippen LogP contribution >= 0.6 is 0 Å². The number of carbonyl (C=O) groups is 2. The second kappa shape index (κ2) is 7.11. The van der Waals surface area contributed by atoms with E-state index >= 15 is 0 Å². The van der Waals surface area contributed by atoms with E-state index in [1.54, 1.807) is 24.3 Å². The number of fused-ring (bicyclic) bond motifs is 1. The Labute approximate surface area is 161 Å². The Kier molecular flexibility index (Phi) is 4.49. The number of benzene rings is 2. The Balaban J connectivity index is 1.85. The number of primary amides is 1. The number of hydrogen-bond donors (Lipinski definition) is 1. The van der Waals surface area contributed by atoms with Crippen LogP contribution in [0.25, 0.3) is 11.4 Å². The maximum atomic E-state index is 12.7. The van der Waals surface area contributed by atoms with Crippen molar-refractivity contribution in [1.29, 1.82) is 0 Å². The molecule has 0 spiro atoms. The average Bonchev–Trinajstić information content (AvgIpc) is 3.04. The fraction of sp³-hybridized carbons (Fsp3) is 0.143. The third kappa shape index (κ3) is 3.07. The minimum Gasteiger partial charge on any atom is -0.494 e. The van der Waals surface area contributed by atoms with Crippen LogP contribution in [-0.4, -0.2) is 28.4 Å². The second-order valence-corrected chi connectivity index (χ2v) is 6.26. The number of anilines is 2. The predicted molar refractivity (Wildman–Crippen MR) is 104 cm³/mol. The summed E-state index contributed by atoms with van der Waals surface area (Å²) in [6.45, 7) is 2.47. The fourth-order valence-corrected chi connectivity index (χ4v) is 3.21. The number of hydrogen-bond acceptors (Lipinski definition) is 5. The number of ether oxygens (including phenoxy) is 1. The van der Waals surface area contributed by atoms with E-state index in [1.807, 2.05) is 37.3 Å². The predicted octanol–water partition coefficient (Wildman–Crippen LogP) is 2.86. The van der Waals surface area contributed by atoms with Gasteiger partial charge in [0.2, 0.25) is 5.91 Å². The standard InChI is InChI=1S/C21H18N4O3/c1-2-28-15-10-8-13(9-11-15)20-23-18(19(22)27)16-12-17(26)25(21(16)24-20)14-6-4-3-5-7-14/h3-11H,2,12H2,1H3,(H2,22,27). The van der Waals surface area contributed by atoms with Gasteiger partial charge in [-0.15, -0.1) is 0 Å². The van der Waals surface area contributed by atoms with Crippen LogP contribution in [0.1, 0.15) is 23.0 Å². The van der Waals surface area contributed by atoms with Crippen LogP contribution in [-0.2, 0) is 11.2 Å². The Morgan fingerprint density at radius 1 is 1.11 bits per heavy atom. The van der Waals surface area contributed by atoms with Crippen molar-refractivity contribution in [3.05, 3.63) is 65.9 Å². The van der Waals surface area contributed by atoms with Gasteiger partial charge in [-0.05, 0) is 43.3 Å². The molecule has 4 rings (SSSR count). The van der Waals surface area contributed by atoms with Gasteiger partial charge in [-0.2, -0.15) is 0 Å².